The Bertz CT molecular complexity index is 572. The molecule has 1 aromatic heterocycles. The summed E-state index contributed by atoms with van der Waals surface area (Å²) >= 11 is 0. The van der Waals surface area contributed by atoms with Gasteiger partial charge in [0.2, 0.25) is 5.88 Å². The van der Waals surface area contributed by atoms with Gasteiger partial charge in [0.25, 0.3) is 0 Å². The van der Waals surface area contributed by atoms with E-state index in [1.807, 2.05) is 6.07 Å². The number of aromatic hydroxyl groups is 1. The van der Waals surface area contributed by atoms with Crippen molar-refractivity contribution in [1.29, 1.82) is 0 Å². The minimum Gasteiger partial charge on any atom is -0.493 e. The van der Waals surface area contributed by atoms with E-state index in [1.165, 1.54) is 5.56 Å². The average Bonchev–Trinajstić information content (AvgIpc) is 2.74. The van der Waals surface area contributed by atoms with Crippen molar-refractivity contribution in [3.63, 3.8) is 0 Å². The van der Waals surface area contributed by atoms with Gasteiger partial charge in [0.15, 0.2) is 0 Å². The smallest absolute Gasteiger partial charge is 0.213 e. The second-order valence-electron chi connectivity index (χ2n) is 5.35. The molecule has 1 aromatic carbocycles. The van der Waals surface area contributed by atoms with Crippen molar-refractivity contribution < 1.29 is 5.11 Å². The molecule has 0 unspecified atom stereocenters. The maximum atomic E-state index is 10.4. The molecule has 0 aliphatic rings. The summed E-state index contributed by atoms with van der Waals surface area (Å²) in [7, 11) is 0. The van der Waals surface area contributed by atoms with Gasteiger partial charge in [-0.1, -0.05) is 50.5 Å². The van der Waals surface area contributed by atoms with E-state index in [1.54, 1.807) is 4.68 Å². The minimum absolute atomic E-state index is 0.344. The Morgan fingerprint density at radius 1 is 1.20 bits per heavy atom. The number of rotatable bonds is 6. The van der Waals surface area contributed by atoms with Crippen LogP contribution < -0.4 is 0 Å². The molecular formula is C17H24N2O. The number of hydrogen-bond acceptors (Lipinski definition) is 2. The van der Waals surface area contributed by atoms with Crippen LogP contribution in [-0.4, -0.2) is 14.9 Å². The second-order valence-corrected chi connectivity index (χ2v) is 5.35. The van der Waals surface area contributed by atoms with Crippen molar-refractivity contribution in [2.45, 2.75) is 53.0 Å². The summed E-state index contributed by atoms with van der Waals surface area (Å²) in [4.78, 5) is 0. The summed E-state index contributed by atoms with van der Waals surface area (Å²) in [6.07, 6.45) is 4.00. The number of unbranched alkanes of at least 4 members (excludes halogenated alkanes) is 1. The summed E-state index contributed by atoms with van der Waals surface area (Å²) in [6, 6.07) is 8.32. The van der Waals surface area contributed by atoms with E-state index in [4.69, 9.17) is 0 Å². The zero-order valence-electron chi connectivity index (χ0n) is 12.7. The predicted molar refractivity (Wildman–Crippen MR) is 83.0 cm³/mol. The van der Waals surface area contributed by atoms with E-state index in [9.17, 15) is 5.11 Å². The van der Waals surface area contributed by atoms with Crippen molar-refractivity contribution in [2.24, 2.45) is 0 Å². The number of aromatic nitrogens is 2. The van der Waals surface area contributed by atoms with Crippen LogP contribution in [0.3, 0.4) is 0 Å². The Morgan fingerprint density at radius 3 is 2.65 bits per heavy atom. The van der Waals surface area contributed by atoms with E-state index < -0.39 is 0 Å². The zero-order valence-corrected chi connectivity index (χ0v) is 12.7. The molecule has 108 valence electrons. The molecule has 1 N–H and O–H groups in total. The first-order valence-electron chi connectivity index (χ1n) is 7.53. The fourth-order valence-electron chi connectivity index (χ4n) is 2.46. The van der Waals surface area contributed by atoms with Crippen LogP contribution in [0.2, 0.25) is 0 Å². The number of aryl methyl sites for hydroxylation is 2. The third-order valence-corrected chi connectivity index (χ3v) is 3.54. The molecule has 0 spiro atoms. The van der Waals surface area contributed by atoms with Crippen LogP contribution in [0, 0.1) is 6.92 Å². The molecule has 20 heavy (non-hydrogen) atoms. The van der Waals surface area contributed by atoms with Crippen molar-refractivity contribution in [3.05, 3.63) is 35.4 Å². The van der Waals surface area contributed by atoms with Crippen molar-refractivity contribution >= 4 is 0 Å². The fraction of sp³-hybridized carbons (Fsp3) is 0.471. The maximum absolute atomic E-state index is 10.4. The lowest BCUT2D eigenvalue weighted by Crippen LogP contribution is -1.99. The zero-order chi connectivity index (χ0) is 14.5. The number of hydrogen-bond donors (Lipinski definition) is 1. The van der Waals surface area contributed by atoms with Crippen molar-refractivity contribution in [3.8, 4) is 17.1 Å². The highest BCUT2D eigenvalue weighted by atomic mass is 16.3. The van der Waals surface area contributed by atoms with Crippen LogP contribution in [0.4, 0.5) is 0 Å². The second kappa shape index (κ2) is 6.60. The Labute approximate surface area is 121 Å². The van der Waals surface area contributed by atoms with Crippen LogP contribution in [0.1, 0.15) is 44.2 Å². The predicted octanol–water partition coefficient (Wildman–Crippen LogP) is 4.32. The standard InChI is InChI=1S/C17H24N2O/c1-4-6-11-19-17(20)15(8-5-2)16(18-19)14-10-7-9-13(3)12-14/h7,9-10,12,20H,4-6,8,11H2,1-3H3. The summed E-state index contributed by atoms with van der Waals surface area (Å²) in [5.41, 5.74) is 4.23. The molecule has 0 atom stereocenters. The Kier molecular flexibility index (Phi) is 4.83. The normalized spacial score (nSPS) is 10.9. The van der Waals surface area contributed by atoms with Gasteiger partial charge in [0, 0.05) is 17.7 Å². The molecule has 0 fully saturated rings. The van der Waals surface area contributed by atoms with Gasteiger partial charge in [-0.05, 0) is 25.8 Å². The minimum atomic E-state index is 0.344. The highest BCUT2D eigenvalue weighted by Crippen LogP contribution is 2.31. The van der Waals surface area contributed by atoms with Gasteiger partial charge in [0.1, 0.15) is 0 Å². The van der Waals surface area contributed by atoms with Gasteiger partial charge >= 0.3 is 0 Å². The van der Waals surface area contributed by atoms with E-state index >= 15 is 0 Å². The van der Waals surface area contributed by atoms with E-state index in [0.717, 1.165) is 49.0 Å². The fourth-order valence-corrected chi connectivity index (χ4v) is 2.46. The van der Waals surface area contributed by atoms with Gasteiger partial charge < -0.3 is 5.11 Å². The van der Waals surface area contributed by atoms with Gasteiger partial charge in [-0.2, -0.15) is 5.10 Å². The molecule has 0 saturated carbocycles. The van der Waals surface area contributed by atoms with Crippen LogP contribution in [0.5, 0.6) is 5.88 Å². The molecule has 0 radical (unpaired) electrons. The van der Waals surface area contributed by atoms with Gasteiger partial charge in [-0.25, -0.2) is 4.68 Å². The van der Waals surface area contributed by atoms with Crippen molar-refractivity contribution in [2.75, 3.05) is 0 Å². The number of nitrogens with zero attached hydrogens (tertiary/aromatic N) is 2. The third-order valence-electron chi connectivity index (χ3n) is 3.54. The van der Waals surface area contributed by atoms with Crippen LogP contribution in [0.25, 0.3) is 11.3 Å². The summed E-state index contributed by atoms with van der Waals surface area (Å²) < 4.78 is 1.76. The van der Waals surface area contributed by atoms with Gasteiger partial charge in [-0.15, -0.1) is 0 Å². The molecule has 0 aliphatic heterocycles. The van der Waals surface area contributed by atoms with Crippen molar-refractivity contribution in [1.82, 2.24) is 9.78 Å². The molecular weight excluding hydrogens is 248 g/mol. The average molecular weight is 272 g/mol. The summed E-state index contributed by atoms with van der Waals surface area (Å²) in [6.45, 7) is 7.14. The molecule has 2 rings (SSSR count). The lowest BCUT2D eigenvalue weighted by atomic mass is 10.0. The van der Waals surface area contributed by atoms with Crippen LogP contribution >= 0.6 is 0 Å². The monoisotopic (exact) mass is 272 g/mol. The van der Waals surface area contributed by atoms with E-state index in [0.29, 0.717) is 5.88 Å². The lowest BCUT2D eigenvalue weighted by molar-refractivity contribution is 0.389. The first-order chi connectivity index (χ1) is 9.67. The largest absolute Gasteiger partial charge is 0.493 e. The van der Waals surface area contributed by atoms with Crippen LogP contribution in [0.15, 0.2) is 24.3 Å². The topological polar surface area (TPSA) is 38.0 Å². The molecule has 3 nitrogen and oxygen atoms in total. The Hall–Kier alpha value is -1.77. The van der Waals surface area contributed by atoms with E-state index in [-0.39, 0.29) is 0 Å². The molecule has 1 heterocycles. The molecule has 0 aliphatic carbocycles. The Morgan fingerprint density at radius 2 is 2.00 bits per heavy atom. The third kappa shape index (κ3) is 3.03. The molecule has 2 aromatic rings. The summed E-state index contributed by atoms with van der Waals surface area (Å²) in [5, 5.41) is 15.0. The Balaban J connectivity index is 2.45. The quantitative estimate of drug-likeness (QED) is 0.850. The number of benzene rings is 1. The molecule has 3 heteroatoms. The van der Waals surface area contributed by atoms with Crippen LogP contribution in [-0.2, 0) is 13.0 Å². The molecule has 0 saturated heterocycles. The molecule has 0 amide bonds. The van der Waals surface area contributed by atoms with Gasteiger partial charge in [0.05, 0.1) is 5.69 Å². The highest BCUT2D eigenvalue weighted by Gasteiger charge is 2.17. The highest BCUT2D eigenvalue weighted by molar-refractivity contribution is 5.66. The van der Waals surface area contributed by atoms with Gasteiger partial charge in [-0.3, -0.25) is 0 Å². The first kappa shape index (κ1) is 14.6. The maximum Gasteiger partial charge on any atom is 0.213 e. The lowest BCUT2D eigenvalue weighted by Gasteiger charge is -2.02. The SMILES string of the molecule is CCCCn1nc(-c2cccc(C)c2)c(CCC)c1O. The first-order valence-corrected chi connectivity index (χ1v) is 7.53. The summed E-state index contributed by atoms with van der Waals surface area (Å²) in [5.74, 6) is 0.344. The molecule has 0 bridgehead atoms. The van der Waals surface area contributed by atoms with E-state index in [2.05, 4.69) is 44.1 Å².